The molecule has 60 valence electrons. The van der Waals surface area contributed by atoms with Crippen LogP contribution in [0.5, 0.6) is 0 Å². The molecule has 0 spiro atoms. The van der Waals surface area contributed by atoms with Crippen LogP contribution in [-0.4, -0.2) is 5.16 Å². The van der Waals surface area contributed by atoms with Crippen LogP contribution in [0.25, 0.3) is 0 Å². The number of para-hydroxylation sites is 1. The lowest BCUT2D eigenvalue weighted by Crippen LogP contribution is -1.58. The molecule has 0 heterocycles. The summed E-state index contributed by atoms with van der Waals surface area (Å²) >= 11 is 4.42. The van der Waals surface area contributed by atoms with Gasteiger partial charge in [0.15, 0.2) is 0 Å². The number of nitrogens with zero attached hydrogens (tertiary/aromatic N) is 2. The van der Waals surface area contributed by atoms with Gasteiger partial charge in [0.2, 0.25) is 0 Å². The summed E-state index contributed by atoms with van der Waals surface area (Å²) in [5, 5.41) is 9.61. The first-order valence-electron chi connectivity index (χ1n) is 3.29. The molecule has 0 aliphatic carbocycles. The predicted molar refractivity (Wildman–Crippen MR) is 52.4 cm³/mol. The van der Waals surface area contributed by atoms with E-state index in [1.54, 1.807) is 6.07 Å². The first-order chi connectivity index (χ1) is 5.85. The quantitative estimate of drug-likeness (QED) is 0.487. The molecule has 0 aliphatic rings. The Bertz CT molecular complexity index is 294. The molecule has 0 saturated heterocycles. The van der Waals surface area contributed by atoms with Crippen molar-refractivity contribution in [2.45, 2.75) is 6.92 Å². The Hall–Kier alpha value is -1.49. The van der Waals surface area contributed by atoms with Gasteiger partial charge in [-0.1, -0.05) is 18.2 Å². The van der Waals surface area contributed by atoms with Crippen LogP contribution in [0.15, 0.2) is 35.3 Å². The van der Waals surface area contributed by atoms with E-state index < -0.39 is 0 Å². The molecule has 0 unspecified atom stereocenters. The monoisotopic (exact) mass is 176 g/mol. The predicted octanol–water partition coefficient (Wildman–Crippen LogP) is 2.95. The van der Waals surface area contributed by atoms with Crippen LogP contribution in [-0.2, 0) is 0 Å². The summed E-state index contributed by atoms with van der Waals surface area (Å²) < 4.78 is 0. The Morgan fingerprint density at radius 2 is 1.83 bits per heavy atom. The normalized spacial score (nSPS) is 6.67. The van der Waals surface area contributed by atoms with Gasteiger partial charge in [0, 0.05) is 6.92 Å². The lowest BCUT2D eigenvalue weighted by atomic mass is 10.3. The van der Waals surface area contributed by atoms with Crippen molar-refractivity contribution in [1.82, 2.24) is 0 Å². The third-order valence-corrected chi connectivity index (χ3v) is 1.02. The van der Waals surface area contributed by atoms with E-state index >= 15 is 0 Å². The molecule has 12 heavy (non-hydrogen) atoms. The second-order valence-electron chi connectivity index (χ2n) is 1.76. The van der Waals surface area contributed by atoms with Crippen molar-refractivity contribution in [3.8, 4) is 6.07 Å². The molecular formula is C9H8N2S. The molecular weight excluding hydrogens is 168 g/mol. The van der Waals surface area contributed by atoms with Gasteiger partial charge in [-0.2, -0.15) is 10.3 Å². The maximum Gasteiger partial charge on any atom is 0.0739 e. The van der Waals surface area contributed by atoms with E-state index in [0.29, 0.717) is 0 Å². The molecule has 0 fully saturated rings. The fourth-order valence-electron chi connectivity index (χ4n) is 0.555. The van der Waals surface area contributed by atoms with Crippen LogP contribution in [0.4, 0.5) is 5.69 Å². The zero-order valence-electron chi connectivity index (χ0n) is 6.69. The highest BCUT2D eigenvalue weighted by molar-refractivity contribution is 7.78. The van der Waals surface area contributed by atoms with Gasteiger partial charge < -0.3 is 0 Å². The number of nitriles is 1. The van der Waals surface area contributed by atoms with Gasteiger partial charge in [0.25, 0.3) is 0 Å². The Morgan fingerprint density at radius 1 is 1.33 bits per heavy atom. The Balaban J connectivity index is 0.000000354. The molecule has 0 N–H and O–H groups in total. The van der Waals surface area contributed by atoms with E-state index in [1.807, 2.05) is 30.3 Å². The third kappa shape index (κ3) is 5.31. The second kappa shape index (κ2) is 7.62. The highest BCUT2D eigenvalue weighted by Gasteiger charge is 1.79. The van der Waals surface area contributed by atoms with Crippen LogP contribution < -0.4 is 0 Å². The summed E-state index contributed by atoms with van der Waals surface area (Å²) in [6.45, 7) is 1.43. The third-order valence-electron chi connectivity index (χ3n) is 0.931. The van der Waals surface area contributed by atoms with E-state index in [-0.39, 0.29) is 0 Å². The lowest BCUT2D eigenvalue weighted by Gasteiger charge is -1.83. The summed E-state index contributed by atoms with van der Waals surface area (Å²) in [7, 11) is 0. The molecule has 0 saturated carbocycles. The fraction of sp³-hybridized carbons (Fsp3) is 0.111. The van der Waals surface area contributed by atoms with Gasteiger partial charge in [-0.15, -0.1) is 0 Å². The van der Waals surface area contributed by atoms with Crippen LogP contribution in [0, 0.1) is 11.3 Å². The largest absolute Gasteiger partial charge is 0.199 e. The van der Waals surface area contributed by atoms with Gasteiger partial charge in [-0.25, -0.2) is 0 Å². The van der Waals surface area contributed by atoms with Crippen molar-refractivity contribution < 1.29 is 0 Å². The molecule has 0 radical (unpaired) electrons. The summed E-state index contributed by atoms with van der Waals surface area (Å²) in [5.74, 6) is 0. The van der Waals surface area contributed by atoms with Gasteiger partial charge >= 0.3 is 0 Å². The molecule has 1 aromatic carbocycles. The minimum Gasteiger partial charge on any atom is -0.199 e. The number of hydrogen-bond acceptors (Lipinski definition) is 3. The smallest absolute Gasteiger partial charge is 0.0739 e. The average molecular weight is 176 g/mol. The molecule has 0 amide bonds. The van der Waals surface area contributed by atoms with Crippen molar-refractivity contribution >= 4 is 23.1 Å². The van der Waals surface area contributed by atoms with E-state index in [9.17, 15) is 0 Å². The van der Waals surface area contributed by atoms with Crippen LogP contribution >= 0.6 is 12.2 Å². The molecule has 0 aliphatic heterocycles. The molecule has 0 bridgehead atoms. The summed E-state index contributed by atoms with van der Waals surface area (Å²) in [4.78, 5) is 3.77. The maximum absolute atomic E-state index is 7.32. The molecule has 0 aromatic heterocycles. The number of aliphatic imine (C=N–C) groups is 1. The molecule has 2 nitrogen and oxygen atoms in total. The highest BCUT2D eigenvalue weighted by Crippen LogP contribution is 2.07. The summed E-state index contributed by atoms with van der Waals surface area (Å²) in [6.07, 6.45) is 0. The first-order valence-corrected chi connectivity index (χ1v) is 3.69. The molecule has 0 atom stereocenters. The first kappa shape index (κ1) is 10.5. The van der Waals surface area contributed by atoms with Crippen LogP contribution in [0.3, 0.4) is 0 Å². The molecule has 3 heteroatoms. The van der Waals surface area contributed by atoms with E-state index in [2.05, 4.69) is 22.4 Å². The summed E-state index contributed by atoms with van der Waals surface area (Å²) in [6, 6.07) is 11.2. The molecule has 1 rings (SSSR count). The van der Waals surface area contributed by atoms with Crippen LogP contribution in [0.1, 0.15) is 6.92 Å². The second-order valence-corrected chi connectivity index (χ2v) is 1.94. The van der Waals surface area contributed by atoms with Crippen molar-refractivity contribution in [3.05, 3.63) is 30.3 Å². The summed E-state index contributed by atoms with van der Waals surface area (Å²) in [5.41, 5.74) is 0.854. The number of thiocarbonyl (C=S) groups is 1. The maximum atomic E-state index is 7.32. The minimum absolute atomic E-state index is 0.854. The lowest BCUT2D eigenvalue weighted by molar-refractivity contribution is 1.49. The number of benzene rings is 1. The zero-order chi connectivity index (χ0) is 9.23. The highest BCUT2D eigenvalue weighted by atomic mass is 32.1. The fourth-order valence-corrected chi connectivity index (χ4v) is 0.661. The van der Waals surface area contributed by atoms with Gasteiger partial charge in [0.1, 0.15) is 0 Å². The average Bonchev–Trinajstić information content (AvgIpc) is 2.08. The number of isothiocyanates is 1. The van der Waals surface area contributed by atoms with Gasteiger partial charge in [0.05, 0.1) is 16.9 Å². The van der Waals surface area contributed by atoms with Crippen LogP contribution in [0.2, 0.25) is 0 Å². The minimum atomic E-state index is 0.854. The topological polar surface area (TPSA) is 36.1 Å². The van der Waals surface area contributed by atoms with Gasteiger partial charge in [-0.3, -0.25) is 0 Å². The van der Waals surface area contributed by atoms with E-state index in [0.717, 1.165) is 5.69 Å². The van der Waals surface area contributed by atoms with Crippen molar-refractivity contribution in [3.63, 3.8) is 0 Å². The van der Waals surface area contributed by atoms with Gasteiger partial charge in [-0.05, 0) is 24.4 Å². The van der Waals surface area contributed by atoms with E-state index in [1.165, 1.54) is 6.92 Å². The van der Waals surface area contributed by atoms with Crippen molar-refractivity contribution in [2.24, 2.45) is 4.99 Å². The van der Waals surface area contributed by atoms with Crippen molar-refractivity contribution in [1.29, 1.82) is 5.26 Å². The Labute approximate surface area is 77.2 Å². The SMILES string of the molecule is CC#N.S=C=Nc1ccccc1. The zero-order valence-corrected chi connectivity index (χ0v) is 7.51. The number of rotatable bonds is 1. The van der Waals surface area contributed by atoms with E-state index in [4.69, 9.17) is 5.26 Å². The van der Waals surface area contributed by atoms with Crippen molar-refractivity contribution in [2.75, 3.05) is 0 Å². The number of hydrogen-bond donors (Lipinski definition) is 0. The Morgan fingerprint density at radius 3 is 2.25 bits per heavy atom. The Kier molecular flexibility index (Phi) is 6.67. The standard InChI is InChI=1S/C7H5NS.C2H3N/c9-6-8-7-4-2-1-3-5-7;1-2-3/h1-5H;1H3. The molecule has 1 aromatic rings.